The van der Waals surface area contributed by atoms with Crippen LogP contribution in [0.4, 0.5) is 29.1 Å². The van der Waals surface area contributed by atoms with Crippen LogP contribution in [0.3, 0.4) is 0 Å². The molecule has 0 saturated heterocycles. The number of hydrogen-bond donors (Lipinski definition) is 0. The van der Waals surface area contributed by atoms with Gasteiger partial charge in [0.25, 0.3) is 0 Å². The Hall–Kier alpha value is -4.29. The zero-order valence-corrected chi connectivity index (χ0v) is 23.0. The number of anilines is 2. The summed E-state index contributed by atoms with van der Waals surface area (Å²) in [5.41, 5.74) is 2.40. The van der Waals surface area contributed by atoms with Gasteiger partial charge in [-0.3, -0.25) is 9.48 Å². The van der Waals surface area contributed by atoms with Crippen LogP contribution in [-0.4, -0.2) is 48.8 Å². The van der Waals surface area contributed by atoms with E-state index in [9.17, 15) is 18.0 Å². The van der Waals surface area contributed by atoms with Crippen molar-refractivity contribution >= 4 is 17.4 Å². The van der Waals surface area contributed by atoms with Gasteiger partial charge in [-0.25, -0.2) is 19.3 Å². The van der Waals surface area contributed by atoms with E-state index in [2.05, 4.69) is 15.1 Å². The Kier molecular flexibility index (Phi) is 6.34. The van der Waals surface area contributed by atoms with Crippen molar-refractivity contribution in [1.29, 1.82) is 0 Å². The lowest BCUT2D eigenvalue weighted by atomic mass is 9.99. The molecule has 1 aromatic carbocycles. The number of carbonyl (C=O) groups excluding carboxylic acids is 1. The Morgan fingerprint density at radius 2 is 1.90 bits per heavy atom. The lowest BCUT2D eigenvalue weighted by Crippen LogP contribution is -2.44. The minimum absolute atomic E-state index is 0.0143. The summed E-state index contributed by atoms with van der Waals surface area (Å²) in [7, 11) is 1.66. The molecule has 2 aliphatic heterocycles. The van der Waals surface area contributed by atoms with Gasteiger partial charge >= 0.3 is 6.18 Å². The first-order valence-electron chi connectivity index (χ1n) is 13.3. The van der Waals surface area contributed by atoms with Crippen molar-refractivity contribution in [2.75, 3.05) is 23.4 Å². The third kappa shape index (κ3) is 4.62. The van der Waals surface area contributed by atoms with Crippen molar-refractivity contribution in [2.45, 2.75) is 58.9 Å². The van der Waals surface area contributed by atoms with E-state index in [1.165, 1.54) is 15.5 Å². The summed E-state index contributed by atoms with van der Waals surface area (Å²) in [5, 5.41) is 4.45. The Balaban J connectivity index is 1.39. The van der Waals surface area contributed by atoms with E-state index < -0.39 is 17.7 Å². The number of hydrogen-bond acceptors (Lipinski definition) is 6. The molecule has 41 heavy (non-hydrogen) atoms. The van der Waals surface area contributed by atoms with Crippen molar-refractivity contribution in [3.05, 3.63) is 58.9 Å². The predicted octanol–water partition coefficient (Wildman–Crippen LogP) is 5.18. The molecular weight excluding hydrogens is 540 g/mol. The Bertz CT molecular complexity index is 1670. The Morgan fingerprint density at radius 1 is 1.12 bits per heavy atom. The summed E-state index contributed by atoms with van der Waals surface area (Å²) in [4.78, 5) is 29.3. The number of carbonyl (C=O) groups is 1. The van der Waals surface area contributed by atoms with Gasteiger partial charge in [0.2, 0.25) is 5.91 Å². The first-order chi connectivity index (χ1) is 19.4. The van der Waals surface area contributed by atoms with Gasteiger partial charge in [-0.15, -0.1) is 0 Å². The van der Waals surface area contributed by atoms with Gasteiger partial charge in [-0.1, -0.05) is 6.07 Å². The summed E-state index contributed by atoms with van der Waals surface area (Å²) in [6.07, 6.45) is 0.694. The highest BCUT2D eigenvalue weighted by atomic mass is 19.4. The molecule has 1 amide bonds. The molecule has 0 bridgehead atoms. The maximum atomic E-state index is 15.6. The Labute approximate surface area is 233 Å². The fourth-order valence-corrected chi connectivity index (χ4v) is 5.53. The van der Waals surface area contributed by atoms with Crippen LogP contribution in [0.25, 0.3) is 22.9 Å². The van der Waals surface area contributed by atoms with E-state index >= 15 is 4.39 Å². The van der Waals surface area contributed by atoms with Gasteiger partial charge in [0.1, 0.15) is 23.0 Å². The zero-order valence-electron chi connectivity index (χ0n) is 23.0. The second-order valence-electron chi connectivity index (χ2n) is 10.8. The number of rotatable bonds is 4. The molecule has 0 atom stereocenters. The lowest BCUT2D eigenvalue weighted by Gasteiger charge is -2.34. The molecule has 5 heterocycles. The quantitative estimate of drug-likeness (QED) is 0.316. The molecule has 0 unspecified atom stereocenters. The van der Waals surface area contributed by atoms with Crippen molar-refractivity contribution in [3.8, 4) is 22.9 Å². The average molecular weight is 569 g/mol. The molecule has 0 saturated carbocycles. The second kappa shape index (κ2) is 9.67. The Morgan fingerprint density at radius 3 is 2.63 bits per heavy atom. The molecule has 0 radical (unpaired) electrons. The third-order valence-corrected chi connectivity index (χ3v) is 7.53. The van der Waals surface area contributed by atoms with Crippen LogP contribution in [0, 0.1) is 12.7 Å². The number of halogens is 4. The topological polar surface area (TPSA) is 85.0 Å². The van der Waals surface area contributed by atoms with Gasteiger partial charge in [0, 0.05) is 32.4 Å². The van der Waals surface area contributed by atoms with E-state index in [0.717, 1.165) is 17.5 Å². The van der Waals surface area contributed by atoms with Gasteiger partial charge in [0.15, 0.2) is 17.3 Å². The highest BCUT2D eigenvalue weighted by Gasteiger charge is 2.36. The van der Waals surface area contributed by atoms with Crippen LogP contribution >= 0.6 is 0 Å². The molecule has 0 fully saturated rings. The maximum Gasteiger partial charge on any atom is 0.434 e. The molecule has 6 rings (SSSR count). The number of nitrogens with zero attached hydrogens (tertiary/aromatic N) is 8. The molecule has 0 spiro atoms. The minimum Gasteiger partial charge on any atom is -0.341 e. The summed E-state index contributed by atoms with van der Waals surface area (Å²) in [6, 6.07) is 3.17. The fraction of sp³-hybridized carbons (Fsp3) is 0.393. The number of benzene rings is 1. The first-order valence-corrected chi connectivity index (χ1v) is 13.3. The lowest BCUT2D eigenvalue weighted by molar-refractivity contribution is -0.140. The highest BCUT2D eigenvalue weighted by molar-refractivity contribution is 6.01. The second-order valence-corrected chi connectivity index (χ2v) is 10.8. The molecule has 4 aromatic rings. The first kappa shape index (κ1) is 26.9. The van der Waals surface area contributed by atoms with Gasteiger partial charge in [-0.05, 0) is 56.4 Å². The maximum absolute atomic E-state index is 15.6. The average Bonchev–Trinajstić information content (AvgIpc) is 3.46. The molecule has 13 heteroatoms. The summed E-state index contributed by atoms with van der Waals surface area (Å²) in [5.74, 6) is 0.132. The van der Waals surface area contributed by atoms with E-state index in [1.54, 1.807) is 30.4 Å². The molecule has 214 valence electrons. The van der Waals surface area contributed by atoms with E-state index in [-0.39, 0.29) is 36.4 Å². The van der Waals surface area contributed by atoms with Gasteiger partial charge < -0.3 is 14.4 Å². The van der Waals surface area contributed by atoms with Crippen LogP contribution in [-0.2, 0) is 30.5 Å². The molecule has 0 aliphatic carbocycles. The number of aryl methyl sites for hydroxylation is 3. The van der Waals surface area contributed by atoms with Crippen LogP contribution in [0.15, 0.2) is 30.7 Å². The van der Waals surface area contributed by atoms with E-state index in [0.29, 0.717) is 47.8 Å². The van der Waals surface area contributed by atoms with E-state index in [4.69, 9.17) is 4.98 Å². The van der Waals surface area contributed by atoms with Crippen LogP contribution in [0.2, 0.25) is 0 Å². The number of amides is 1. The highest BCUT2D eigenvalue weighted by Crippen LogP contribution is 2.38. The number of fused-ring (bicyclic) bond motifs is 4. The molecule has 2 aliphatic rings. The monoisotopic (exact) mass is 568 g/mol. The van der Waals surface area contributed by atoms with Crippen molar-refractivity contribution in [1.82, 2.24) is 29.3 Å². The zero-order chi connectivity index (χ0) is 29.2. The molecule has 3 aromatic heterocycles. The largest absolute Gasteiger partial charge is 0.434 e. The number of likely N-dealkylation sites (N-methyl/N-ethyl adjacent to an activating group) is 1. The van der Waals surface area contributed by atoms with Crippen LogP contribution < -0.4 is 9.80 Å². The smallest absolute Gasteiger partial charge is 0.341 e. The van der Waals surface area contributed by atoms with Crippen molar-refractivity contribution < 1.29 is 22.4 Å². The number of imidazole rings is 1. The molecule has 9 nitrogen and oxygen atoms in total. The van der Waals surface area contributed by atoms with Crippen LogP contribution in [0.5, 0.6) is 0 Å². The van der Waals surface area contributed by atoms with Crippen molar-refractivity contribution in [2.24, 2.45) is 0 Å². The summed E-state index contributed by atoms with van der Waals surface area (Å²) < 4.78 is 58.9. The van der Waals surface area contributed by atoms with Gasteiger partial charge in [0.05, 0.1) is 24.5 Å². The van der Waals surface area contributed by atoms with E-state index in [1.807, 2.05) is 25.5 Å². The number of aromatic nitrogens is 6. The predicted molar refractivity (Wildman–Crippen MR) is 144 cm³/mol. The standard InChI is InChI=1S/C28H28F4N8O/c1-15(2)40-24(16(3)10-34-40)25-33-11-20-26(36-25)39(14-22(41)37(20)4)12-17-8-18-6-5-7-38-13-21(28(30,31)32)35-27(38)23(18)19(29)9-17/h8-11,13,15H,5-7,12,14H2,1-4H3. The summed E-state index contributed by atoms with van der Waals surface area (Å²) >= 11 is 0. The van der Waals surface area contributed by atoms with Crippen LogP contribution in [0.1, 0.15) is 48.7 Å². The minimum atomic E-state index is -4.62. The molecule has 0 N–H and O–H groups in total. The number of alkyl halides is 3. The van der Waals surface area contributed by atoms with Gasteiger partial charge in [-0.2, -0.15) is 18.3 Å². The molecular formula is C28H28F4N8O. The fourth-order valence-electron chi connectivity index (χ4n) is 5.53. The van der Waals surface area contributed by atoms with Crippen molar-refractivity contribution in [3.63, 3.8) is 0 Å². The SMILES string of the molecule is Cc1cnn(C(C)C)c1-c1ncc2c(n1)N(Cc1cc(F)c3c(c1)CCCn1cc(C(F)(F)F)nc1-3)CC(=O)N2C. The normalized spacial score (nSPS) is 15.2. The summed E-state index contributed by atoms with van der Waals surface area (Å²) in [6.45, 7) is 6.43. The third-order valence-electron chi connectivity index (χ3n) is 7.53.